The highest BCUT2D eigenvalue weighted by Gasteiger charge is 2.09. The Labute approximate surface area is 79.2 Å². The minimum absolute atomic E-state index is 0.0406. The average Bonchev–Trinajstić information content (AvgIpc) is 2.27. The van der Waals surface area contributed by atoms with Crippen molar-refractivity contribution >= 4 is 22.3 Å². The van der Waals surface area contributed by atoms with Crippen molar-refractivity contribution < 1.29 is 22.5 Å². The Morgan fingerprint density at radius 3 is 2.62 bits per heavy atom. The zero-order chi connectivity index (χ0) is 10.1. The van der Waals surface area contributed by atoms with Crippen molar-refractivity contribution in [2.45, 2.75) is 6.54 Å². The average molecular weight is 225 g/mol. The molecule has 0 aliphatic carbocycles. The molecular weight excluding hydrogens is 218 g/mol. The fraction of sp³-hybridized carbons (Fsp3) is 0.400. The number of nitrogens with zero attached hydrogens (tertiary/aromatic N) is 1. The summed E-state index contributed by atoms with van der Waals surface area (Å²) in [6, 6.07) is 0. The van der Waals surface area contributed by atoms with E-state index in [0.717, 1.165) is 10.8 Å². The smallest absolute Gasteiger partial charge is 0.271 e. The molecule has 0 spiro atoms. The molecule has 0 fully saturated rings. The summed E-state index contributed by atoms with van der Waals surface area (Å²) in [6.45, 7) is -0.139. The predicted molar refractivity (Wildman–Crippen MR) is 45.6 cm³/mol. The third-order valence-corrected chi connectivity index (χ3v) is 2.35. The maximum absolute atomic E-state index is 10.3. The van der Waals surface area contributed by atoms with Crippen LogP contribution in [0.1, 0.15) is 0 Å². The molecule has 0 radical (unpaired) electrons. The van der Waals surface area contributed by atoms with Crippen molar-refractivity contribution in [1.82, 2.24) is 4.57 Å². The topological polar surface area (TPSA) is 92.7 Å². The van der Waals surface area contributed by atoms with E-state index in [-0.39, 0.29) is 17.3 Å². The van der Waals surface area contributed by atoms with Gasteiger partial charge in [0.05, 0.1) is 5.75 Å². The van der Waals surface area contributed by atoms with Crippen LogP contribution in [0.4, 0.5) is 0 Å². The quantitative estimate of drug-likeness (QED) is 0.571. The second-order valence-electron chi connectivity index (χ2n) is 2.30. The Bertz CT molecular complexity index is 442. The number of aromatic nitrogens is 1. The number of rotatable bonds is 3. The van der Waals surface area contributed by atoms with Crippen LogP contribution in [0.2, 0.25) is 0 Å². The van der Waals surface area contributed by atoms with Crippen LogP contribution in [0.3, 0.4) is 0 Å². The van der Waals surface area contributed by atoms with Crippen LogP contribution in [0.25, 0.3) is 0 Å². The van der Waals surface area contributed by atoms with E-state index in [9.17, 15) is 8.42 Å². The van der Waals surface area contributed by atoms with Crippen molar-refractivity contribution in [3.8, 4) is 5.88 Å². The van der Waals surface area contributed by atoms with Gasteiger partial charge in [0.25, 0.3) is 15.0 Å². The highest BCUT2D eigenvalue weighted by Crippen LogP contribution is 2.11. The number of hydrogen-bond acceptors (Lipinski definition) is 5. The molecule has 0 bridgehead atoms. The van der Waals surface area contributed by atoms with Crippen LogP contribution in [0.15, 0.2) is 10.7 Å². The Kier molecular flexibility index (Phi) is 2.74. The van der Waals surface area contributed by atoms with Gasteiger partial charge in [-0.2, -0.15) is 8.42 Å². The Morgan fingerprint density at radius 2 is 2.23 bits per heavy atom. The first-order valence-corrected chi connectivity index (χ1v) is 5.24. The minimum atomic E-state index is -4.05. The van der Waals surface area contributed by atoms with Crippen LogP contribution >= 0.6 is 12.2 Å². The zero-order valence-electron chi connectivity index (χ0n) is 6.37. The molecule has 2 N–H and O–H groups in total. The molecule has 0 atom stereocenters. The Morgan fingerprint density at radius 1 is 1.62 bits per heavy atom. The summed E-state index contributed by atoms with van der Waals surface area (Å²) in [6.07, 6.45) is 0.992. The van der Waals surface area contributed by atoms with Crippen molar-refractivity contribution in [3.63, 3.8) is 0 Å². The second kappa shape index (κ2) is 3.48. The second-order valence-corrected chi connectivity index (χ2v) is 4.22. The molecule has 0 aromatic carbocycles. The van der Waals surface area contributed by atoms with Gasteiger partial charge in [-0.15, -0.1) is 0 Å². The molecule has 1 aromatic heterocycles. The maximum atomic E-state index is 10.3. The molecule has 1 rings (SSSR count). The molecule has 1 heterocycles. The molecule has 0 aliphatic heterocycles. The predicted octanol–water partition coefficient (Wildman–Crippen LogP) is 0.404. The van der Waals surface area contributed by atoms with Crippen LogP contribution in [-0.4, -0.2) is 28.4 Å². The summed E-state index contributed by atoms with van der Waals surface area (Å²) in [4.78, 5) is -0.0406. The van der Waals surface area contributed by atoms with Crippen LogP contribution in [-0.2, 0) is 16.7 Å². The van der Waals surface area contributed by atoms with Crippen LogP contribution < -0.4 is 0 Å². The molecule has 0 saturated carbocycles. The fourth-order valence-corrected chi connectivity index (χ4v) is 1.38. The van der Waals surface area contributed by atoms with E-state index in [0.29, 0.717) is 0 Å². The summed E-state index contributed by atoms with van der Waals surface area (Å²) in [7, 11) is -4.05. The van der Waals surface area contributed by atoms with Gasteiger partial charge in [0, 0.05) is 6.54 Å². The molecule has 0 unspecified atom stereocenters. The first-order valence-electron chi connectivity index (χ1n) is 3.22. The molecule has 8 heteroatoms. The highest BCUT2D eigenvalue weighted by molar-refractivity contribution is 7.85. The van der Waals surface area contributed by atoms with Gasteiger partial charge in [-0.25, -0.2) is 0 Å². The summed E-state index contributed by atoms with van der Waals surface area (Å²) < 4.78 is 34.8. The normalized spacial score (nSPS) is 11.8. The van der Waals surface area contributed by atoms with E-state index < -0.39 is 15.9 Å². The molecule has 0 amide bonds. The van der Waals surface area contributed by atoms with Gasteiger partial charge < -0.3 is 9.52 Å². The standard InChI is InChI=1S/C5H7NO5S2/c7-4-3-11-5(12)6(4)1-2-13(8,9)10/h3,7H,1-2H2,(H,8,9,10). The Balaban J connectivity index is 2.82. The summed E-state index contributed by atoms with van der Waals surface area (Å²) >= 11 is 4.62. The largest absolute Gasteiger partial charge is 0.492 e. The molecule has 0 aliphatic rings. The number of oxazole rings is 1. The first-order chi connectivity index (χ1) is 5.90. The molecule has 74 valence electrons. The summed E-state index contributed by atoms with van der Waals surface area (Å²) in [5.74, 6) is -0.789. The summed E-state index contributed by atoms with van der Waals surface area (Å²) in [5, 5.41) is 9.05. The molecule has 6 nitrogen and oxygen atoms in total. The molecular formula is C5H7NO5S2. The van der Waals surface area contributed by atoms with E-state index in [1.54, 1.807) is 0 Å². The Hall–Kier alpha value is -0.860. The van der Waals surface area contributed by atoms with Gasteiger partial charge in [0.2, 0.25) is 5.88 Å². The summed E-state index contributed by atoms with van der Waals surface area (Å²) in [5.41, 5.74) is 0. The van der Waals surface area contributed by atoms with Crippen molar-refractivity contribution in [2.75, 3.05) is 5.75 Å². The number of hydrogen-bond donors (Lipinski definition) is 2. The van der Waals surface area contributed by atoms with Gasteiger partial charge in [-0.3, -0.25) is 9.12 Å². The van der Waals surface area contributed by atoms with Gasteiger partial charge in [0.1, 0.15) is 0 Å². The first kappa shape index (κ1) is 10.2. The van der Waals surface area contributed by atoms with E-state index in [1.165, 1.54) is 0 Å². The fourth-order valence-electron chi connectivity index (χ4n) is 0.736. The van der Waals surface area contributed by atoms with E-state index in [1.807, 2.05) is 0 Å². The lowest BCUT2D eigenvalue weighted by Crippen LogP contribution is -2.11. The minimum Gasteiger partial charge on any atom is -0.492 e. The van der Waals surface area contributed by atoms with Gasteiger partial charge in [0.15, 0.2) is 6.26 Å². The van der Waals surface area contributed by atoms with Crippen molar-refractivity contribution in [3.05, 3.63) is 11.1 Å². The monoisotopic (exact) mass is 225 g/mol. The van der Waals surface area contributed by atoms with Crippen LogP contribution in [0, 0.1) is 4.84 Å². The molecule has 1 aromatic rings. The van der Waals surface area contributed by atoms with E-state index in [2.05, 4.69) is 16.6 Å². The van der Waals surface area contributed by atoms with Gasteiger partial charge in [-0.1, -0.05) is 0 Å². The lowest BCUT2D eigenvalue weighted by molar-refractivity contribution is 0.417. The molecule has 0 saturated heterocycles. The zero-order valence-corrected chi connectivity index (χ0v) is 8.01. The third-order valence-electron chi connectivity index (χ3n) is 1.33. The number of aromatic hydroxyl groups is 1. The SMILES string of the molecule is O=S(=O)(O)CCn1c(O)coc1=S. The van der Waals surface area contributed by atoms with Gasteiger partial charge >= 0.3 is 0 Å². The van der Waals surface area contributed by atoms with Crippen LogP contribution in [0.5, 0.6) is 5.88 Å². The van der Waals surface area contributed by atoms with Gasteiger partial charge in [-0.05, 0) is 12.2 Å². The van der Waals surface area contributed by atoms with E-state index in [4.69, 9.17) is 9.66 Å². The van der Waals surface area contributed by atoms with Crippen molar-refractivity contribution in [2.24, 2.45) is 0 Å². The lowest BCUT2D eigenvalue weighted by atomic mass is 10.7. The third kappa shape index (κ3) is 2.83. The lowest BCUT2D eigenvalue weighted by Gasteiger charge is -1.99. The maximum Gasteiger partial charge on any atom is 0.271 e. The van der Waals surface area contributed by atoms with E-state index >= 15 is 0 Å². The highest BCUT2D eigenvalue weighted by atomic mass is 32.2. The molecule has 13 heavy (non-hydrogen) atoms. The van der Waals surface area contributed by atoms with Crippen molar-refractivity contribution in [1.29, 1.82) is 0 Å².